The molecule has 2 saturated heterocycles. The molecule has 0 aromatic carbocycles. The third-order valence-electron chi connectivity index (χ3n) is 4.46. The van der Waals surface area contributed by atoms with E-state index in [0.717, 1.165) is 24.9 Å². The smallest absolute Gasteiger partial charge is 0.122 e. The minimum absolute atomic E-state index is 0.794. The second-order valence-electron chi connectivity index (χ2n) is 5.82. The van der Waals surface area contributed by atoms with Crippen molar-refractivity contribution in [3.8, 4) is 0 Å². The summed E-state index contributed by atoms with van der Waals surface area (Å²) >= 11 is 0. The van der Waals surface area contributed by atoms with Crippen molar-refractivity contribution in [2.75, 3.05) is 33.2 Å². The summed E-state index contributed by atoms with van der Waals surface area (Å²) in [5, 5.41) is 3.18. The number of nitrogens with one attached hydrogen (secondary N) is 1. The minimum Gasteiger partial charge on any atom is -0.468 e. The van der Waals surface area contributed by atoms with Crippen LogP contribution in [-0.4, -0.2) is 49.1 Å². The lowest BCUT2D eigenvalue weighted by Gasteiger charge is -2.25. The van der Waals surface area contributed by atoms with Crippen molar-refractivity contribution in [3.05, 3.63) is 23.7 Å². The summed E-state index contributed by atoms with van der Waals surface area (Å²) in [6, 6.07) is 2.92. The Balaban J connectivity index is 1.63. The standard InChI is InChI=1S/C15H25N3O/c1-16-10-15-13(5-9-19-15)11-17-6-3-8-18-7-2-4-14(18)12-17/h5,9,14,16H,2-4,6-8,10-12H2,1H3. The van der Waals surface area contributed by atoms with Gasteiger partial charge in [-0.2, -0.15) is 0 Å². The number of nitrogens with zero attached hydrogens (tertiary/aromatic N) is 2. The molecule has 2 fully saturated rings. The molecule has 0 bridgehead atoms. The van der Waals surface area contributed by atoms with Crippen LogP contribution < -0.4 is 5.32 Å². The van der Waals surface area contributed by atoms with E-state index < -0.39 is 0 Å². The van der Waals surface area contributed by atoms with Crippen molar-refractivity contribution in [1.82, 2.24) is 15.1 Å². The fourth-order valence-electron chi connectivity index (χ4n) is 3.49. The average molecular weight is 263 g/mol. The minimum atomic E-state index is 0.794. The topological polar surface area (TPSA) is 31.7 Å². The number of hydrogen-bond acceptors (Lipinski definition) is 4. The van der Waals surface area contributed by atoms with Gasteiger partial charge in [-0.3, -0.25) is 9.80 Å². The molecule has 0 aliphatic carbocycles. The van der Waals surface area contributed by atoms with E-state index in [4.69, 9.17) is 4.42 Å². The van der Waals surface area contributed by atoms with Crippen LogP contribution in [0.15, 0.2) is 16.7 Å². The van der Waals surface area contributed by atoms with E-state index in [-0.39, 0.29) is 0 Å². The van der Waals surface area contributed by atoms with E-state index >= 15 is 0 Å². The van der Waals surface area contributed by atoms with Gasteiger partial charge in [0.05, 0.1) is 12.8 Å². The molecule has 4 nitrogen and oxygen atoms in total. The van der Waals surface area contributed by atoms with Gasteiger partial charge in [0.1, 0.15) is 5.76 Å². The molecule has 2 aliphatic rings. The van der Waals surface area contributed by atoms with Gasteiger partial charge in [0.2, 0.25) is 0 Å². The normalized spacial score (nSPS) is 25.4. The third kappa shape index (κ3) is 3.02. The summed E-state index contributed by atoms with van der Waals surface area (Å²) in [5.41, 5.74) is 1.35. The zero-order valence-electron chi connectivity index (χ0n) is 11.9. The summed E-state index contributed by atoms with van der Waals surface area (Å²) in [7, 11) is 1.97. The van der Waals surface area contributed by atoms with Crippen molar-refractivity contribution in [2.45, 2.75) is 38.4 Å². The molecular weight excluding hydrogens is 238 g/mol. The van der Waals surface area contributed by atoms with Gasteiger partial charge in [-0.05, 0) is 52.0 Å². The molecule has 1 unspecified atom stereocenters. The third-order valence-corrected chi connectivity index (χ3v) is 4.46. The molecule has 106 valence electrons. The highest BCUT2D eigenvalue weighted by Crippen LogP contribution is 2.23. The molecule has 1 aromatic rings. The highest BCUT2D eigenvalue weighted by molar-refractivity contribution is 5.17. The quantitative estimate of drug-likeness (QED) is 0.895. The van der Waals surface area contributed by atoms with Gasteiger partial charge >= 0.3 is 0 Å². The summed E-state index contributed by atoms with van der Waals surface area (Å²) in [6.45, 7) is 6.91. The first kappa shape index (κ1) is 13.2. The lowest BCUT2D eigenvalue weighted by atomic mass is 10.2. The van der Waals surface area contributed by atoms with Crippen molar-refractivity contribution in [3.63, 3.8) is 0 Å². The van der Waals surface area contributed by atoms with E-state index in [1.807, 2.05) is 13.3 Å². The molecule has 0 spiro atoms. The molecule has 1 aromatic heterocycles. The Hall–Kier alpha value is -0.840. The first-order chi connectivity index (χ1) is 9.36. The van der Waals surface area contributed by atoms with Gasteiger partial charge in [0.25, 0.3) is 0 Å². The van der Waals surface area contributed by atoms with E-state index in [2.05, 4.69) is 21.2 Å². The number of furan rings is 1. The monoisotopic (exact) mass is 263 g/mol. The Bertz CT molecular complexity index is 404. The van der Waals surface area contributed by atoms with Crippen LogP contribution in [0.1, 0.15) is 30.6 Å². The Kier molecular flexibility index (Phi) is 4.21. The Morgan fingerprint density at radius 1 is 1.32 bits per heavy atom. The molecular formula is C15H25N3O. The lowest BCUT2D eigenvalue weighted by Crippen LogP contribution is -2.36. The number of rotatable bonds is 4. The van der Waals surface area contributed by atoms with Crippen LogP contribution in [0, 0.1) is 0 Å². The maximum absolute atomic E-state index is 5.56. The van der Waals surface area contributed by atoms with E-state index in [0.29, 0.717) is 0 Å². The van der Waals surface area contributed by atoms with E-state index in [9.17, 15) is 0 Å². The lowest BCUT2D eigenvalue weighted by molar-refractivity contribution is 0.214. The van der Waals surface area contributed by atoms with Crippen molar-refractivity contribution < 1.29 is 4.42 Å². The van der Waals surface area contributed by atoms with E-state index in [1.54, 1.807) is 0 Å². The zero-order valence-corrected chi connectivity index (χ0v) is 11.9. The van der Waals surface area contributed by atoms with Crippen molar-refractivity contribution >= 4 is 0 Å². The van der Waals surface area contributed by atoms with Crippen LogP contribution in [0.3, 0.4) is 0 Å². The Morgan fingerprint density at radius 3 is 3.11 bits per heavy atom. The van der Waals surface area contributed by atoms with Gasteiger partial charge in [0.15, 0.2) is 0 Å². The van der Waals surface area contributed by atoms with Crippen LogP contribution in [0.4, 0.5) is 0 Å². The van der Waals surface area contributed by atoms with Crippen molar-refractivity contribution in [1.29, 1.82) is 0 Å². The molecule has 0 saturated carbocycles. The van der Waals surface area contributed by atoms with Gasteiger partial charge < -0.3 is 9.73 Å². The van der Waals surface area contributed by atoms with E-state index in [1.165, 1.54) is 51.0 Å². The Labute approximate surface area is 115 Å². The molecule has 4 heteroatoms. The Morgan fingerprint density at radius 2 is 2.21 bits per heavy atom. The highest BCUT2D eigenvalue weighted by Gasteiger charge is 2.28. The first-order valence-corrected chi connectivity index (χ1v) is 7.53. The van der Waals surface area contributed by atoms with Gasteiger partial charge in [-0.1, -0.05) is 0 Å². The summed E-state index contributed by atoms with van der Waals surface area (Å²) in [4.78, 5) is 5.30. The number of fused-ring (bicyclic) bond motifs is 1. The first-order valence-electron chi connectivity index (χ1n) is 7.53. The van der Waals surface area contributed by atoms with Gasteiger partial charge in [-0.15, -0.1) is 0 Å². The largest absolute Gasteiger partial charge is 0.468 e. The maximum Gasteiger partial charge on any atom is 0.122 e. The van der Waals surface area contributed by atoms with Gasteiger partial charge in [-0.25, -0.2) is 0 Å². The van der Waals surface area contributed by atoms with Crippen LogP contribution >= 0.6 is 0 Å². The predicted molar refractivity (Wildman–Crippen MR) is 76.0 cm³/mol. The maximum atomic E-state index is 5.56. The van der Waals surface area contributed by atoms with Crippen LogP contribution in [0.2, 0.25) is 0 Å². The fourth-order valence-corrected chi connectivity index (χ4v) is 3.49. The molecule has 3 heterocycles. The molecule has 1 atom stereocenters. The summed E-state index contributed by atoms with van der Waals surface area (Å²) in [5.74, 6) is 1.09. The predicted octanol–water partition coefficient (Wildman–Crippen LogP) is 1.67. The molecule has 1 N–H and O–H groups in total. The SMILES string of the molecule is CNCc1occc1CN1CCCN2CCCC2C1. The molecule has 0 radical (unpaired) electrons. The summed E-state index contributed by atoms with van der Waals surface area (Å²) in [6.07, 6.45) is 5.89. The zero-order chi connectivity index (χ0) is 13.1. The molecule has 0 amide bonds. The molecule has 19 heavy (non-hydrogen) atoms. The average Bonchev–Trinajstić information content (AvgIpc) is 2.97. The highest BCUT2D eigenvalue weighted by atomic mass is 16.3. The second-order valence-corrected chi connectivity index (χ2v) is 5.82. The number of hydrogen-bond donors (Lipinski definition) is 1. The molecule has 3 rings (SSSR count). The van der Waals surface area contributed by atoms with Gasteiger partial charge in [0, 0.05) is 24.7 Å². The van der Waals surface area contributed by atoms with Crippen LogP contribution in [0.25, 0.3) is 0 Å². The summed E-state index contributed by atoms with van der Waals surface area (Å²) < 4.78 is 5.56. The van der Waals surface area contributed by atoms with Crippen molar-refractivity contribution in [2.24, 2.45) is 0 Å². The van der Waals surface area contributed by atoms with Crippen LogP contribution in [-0.2, 0) is 13.1 Å². The second kappa shape index (κ2) is 6.07. The fraction of sp³-hybridized carbons (Fsp3) is 0.733. The molecule has 2 aliphatic heterocycles. The van der Waals surface area contributed by atoms with Crippen LogP contribution in [0.5, 0.6) is 0 Å².